The van der Waals surface area contributed by atoms with Crippen molar-refractivity contribution in [2.75, 3.05) is 0 Å². The van der Waals surface area contributed by atoms with Crippen LogP contribution in [0.4, 0.5) is 5.69 Å². The Balaban J connectivity index is 1.97. The Morgan fingerprint density at radius 2 is 1.96 bits per heavy atom. The molecule has 0 fully saturated rings. The quantitative estimate of drug-likeness (QED) is 0.119. The highest BCUT2D eigenvalue weighted by atomic mass is 32.1. The minimum atomic E-state index is -0.891. The average molecular weight is 381 g/mol. The van der Waals surface area contributed by atoms with E-state index in [9.17, 15) is 14.9 Å². The molecule has 0 radical (unpaired) electrons. The van der Waals surface area contributed by atoms with Crippen molar-refractivity contribution in [2.24, 2.45) is 4.99 Å². The number of Topliss-reactive ketones (excluding diaryl/α,β-unsaturated/α-hetero) is 1. The number of pyridine rings is 1. The molecule has 0 unspecified atom stereocenters. The number of benzene rings is 1. The number of carbonyl (C=O) groups is 1. The van der Waals surface area contributed by atoms with E-state index in [2.05, 4.69) is 4.99 Å². The van der Waals surface area contributed by atoms with Crippen LogP contribution >= 0.6 is 0 Å². The molecular weight excluding hydrogens is 366 g/mol. The Kier molecular flexibility index (Phi) is 5.68. The lowest BCUT2D eigenvalue weighted by molar-refractivity contribution is -0.691. The van der Waals surface area contributed by atoms with E-state index < -0.39 is 11.0 Å². The number of non-ortho nitro benzene ring substituents is 1. The molecule has 27 heavy (non-hydrogen) atoms. The number of nitro benzene ring substituents is 1. The summed E-state index contributed by atoms with van der Waals surface area (Å²) in [6.07, 6.45) is 4.94. The summed E-state index contributed by atoms with van der Waals surface area (Å²) in [7, 11) is 0. The lowest BCUT2D eigenvalue weighted by atomic mass is 10.0. The van der Waals surface area contributed by atoms with Crippen LogP contribution in [0.3, 0.4) is 0 Å². The van der Waals surface area contributed by atoms with E-state index >= 15 is 0 Å². The molecule has 0 bridgehead atoms. The van der Waals surface area contributed by atoms with Gasteiger partial charge in [-0.15, -0.1) is 0 Å². The predicted molar refractivity (Wildman–Crippen MR) is 100 cm³/mol. The SMILES string of the molecule is O=C(c1cccc([N+](=O)[O-])c1)[C@@H](C([S-])=NCc1ccco1)[n+]1ccccc1. The molecule has 0 aliphatic heterocycles. The van der Waals surface area contributed by atoms with Gasteiger partial charge in [-0.1, -0.05) is 18.2 Å². The van der Waals surface area contributed by atoms with Gasteiger partial charge in [-0.25, -0.2) is 0 Å². The van der Waals surface area contributed by atoms with Crippen LogP contribution in [0.2, 0.25) is 0 Å². The third kappa shape index (κ3) is 4.42. The lowest BCUT2D eigenvalue weighted by Crippen LogP contribution is -2.47. The average Bonchev–Trinajstić information content (AvgIpc) is 3.21. The first-order valence-corrected chi connectivity index (χ1v) is 8.45. The fourth-order valence-electron chi connectivity index (χ4n) is 2.53. The summed E-state index contributed by atoms with van der Waals surface area (Å²) in [6, 6.07) is 13.5. The summed E-state index contributed by atoms with van der Waals surface area (Å²) in [5.41, 5.74) is 0.0391. The van der Waals surface area contributed by atoms with E-state index in [1.807, 2.05) is 6.07 Å². The molecule has 7 nitrogen and oxygen atoms in total. The molecule has 136 valence electrons. The maximum Gasteiger partial charge on any atom is 0.270 e. The maximum absolute atomic E-state index is 13.1. The van der Waals surface area contributed by atoms with E-state index in [0.717, 1.165) is 0 Å². The number of furan rings is 1. The first-order chi connectivity index (χ1) is 13.1. The number of aliphatic imine (C=N–C) groups is 1. The van der Waals surface area contributed by atoms with Gasteiger partial charge in [0.2, 0.25) is 11.8 Å². The molecule has 0 saturated carbocycles. The zero-order valence-electron chi connectivity index (χ0n) is 14.1. The molecule has 3 aromatic rings. The van der Waals surface area contributed by atoms with Gasteiger partial charge >= 0.3 is 0 Å². The van der Waals surface area contributed by atoms with Crippen LogP contribution in [0.5, 0.6) is 0 Å². The molecule has 0 N–H and O–H groups in total. The molecule has 0 saturated heterocycles. The van der Waals surface area contributed by atoms with Crippen molar-refractivity contribution in [1.29, 1.82) is 0 Å². The molecule has 2 aromatic heterocycles. The lowest BCUT2D eigenvalue weighted by Gasteiger charge is -2.18. The topological polar surface area (TPSA) is 89.6 Å². The summed E-state index contributed by atoms with van der Waals surface area (Å²) in [5.74, 6) is 0.250. The molecular formula is C19H15N3O4S. The second-order valence-electron chi connectivity index (χ2n) is 5.63. The number of nitrogens with zero attached hydrogens (tertiary/aromatic N) is 3. The number of carbonyl (C=O) groups excluding carboxylic acids is 1. The normalized spacial score (nSPS) is 12.5. The van der Waals surface area contributed by atoms with Crippen LogP contribution in [0, 0.1) is 10.1 Å². The highest BCUT2D eigenvalue weighted by molar-refractivity contribution is 7.77. The van der Waals surface area contributed by atoms with Gasteiger partial charge in [0.1, 0.15) is 5.76 Å². The Morgan fingerprint density at radius 3 is 2.63 bits per heavy atom. The Bertz CT molecular complexity index is 972. The van der Waals surface area contributed by atoms with Gasteiger partial charge in [-0.3, -0.25) is 14.9 Å². The van der Waals surface area contributed by atoms with Crippen molar-refractivity contribution < 1.29 is 18.7 Å². The van der Waals surface area contributed by atoms with Crippen LogP contribution in [0.25, 0.3) is 0 Å². The number of hydrogen-bond donors (Lipinski definition) is 0. The largest absolute Gasteiger partial charge is 0.758 e. The van der Waals surface area contributed by atoms with Crippen LogP contribution in [-0.4, -0.2) is 15.8 Å². The van der Waals surface area contributed by atoms with Crippen LogP contribution in [0.15, 0.2) is 82.7 Å². The predicted octanol–water partition coefficient (Wildman–Crippen LogP) is 3.04. The van der Waals surface area contributed by atoms with Gasteiger partial charge in [-0.2, -0.15) is 4.57 Å². The number of ketones is 1. The number of nitro groups is 1. The highest BCUT2D eigenvalue weighted by Crippen LogP contribution is 2.18. The van der Waals surface area contributed by atoms with Crippen molar-refractivity contribution in [3.8, 4) is 0 Å². The van der Waals surface area contributed by atoms with Crippen LogP contribution in [0.1, 0.15) is 22.2 Å². The van der Waals surface area contributed by atoms with Crippen molar-refractivity contribution in [3.05, 3.63) is 94.7 Å². The zero-order chi connectivity index (χ0) is 19.2. The zero-order valence-corrected chi connectivity index (χ0v) is 14.9. The summed E-state index contributed by atoms with van der Waals surface area (Å²) in [6.45, 7) is 0.206. The van der Waals surface area contributed by atoms with Gasteiger partial charge in [0.25, 0.3) is 5.69 Å². The maximum atomic E-state index is 13.1. The van der Waals surface area contributed by atoms with Crippen LogP contribution in [-0.2, 0) is 19.2 Å². The molecule has 0 aliphatic rings. The van der Waals surface area contributed by atoms with E-state index in [0.29, 0.717) is 5.76 Å². The standard InChI is InChI=1S/C19H15N3O4S/c23-18(14-6-4-7-15(12-14)22(24)25)17(21-9-2-1-3-10-21)19(27)20-13-16-8-5-11-26-16/h1-12,17H,13H2/t17-/m0/s1. The van der Waals surface area contributed by atoms with Crippen LogP contribution < -0.4 is 4.57 Å². The minimum Gasteiger partial charge on any atom is -0.758 e. The molecule has 2 heterocycles. The van der Waals surface area contributed by atoms with Gasteiger partial charge in [-0.05, 0) is 17.2 Å². The number of hydrogen-bond acceptors (Lipinski definition) is 6. The summed E-state index contributed by atoms with van der Waals surface area (Å²) in [4.78, 5) is 27.9. The molecule has 0 spiro atoms. The smallest absolute Gasteiger partial charge is 0.270 e. The third-order valence-electron chi connectivity index (χ3n) is 3.83. The molecule has 0 amide bonds. The second-order valence-corrected chi connectivity index (χ2v) is 6.05. The third-order valence-corrected chi connectivity index (χ3v) is 4.18. The van der Waals surface area contributed by atoms with E-state index in [-0.39, 0.29) is 28.6 Å². The first kappa shape index (κ1) is 18.4. The summed E-state index contributed by atoms with van der Waals surface area (Å²) >= 11 is 5.41. The fraction of sp³-hybridized carbons (Fsp3) is 0.105. The van der Waals surface area contributed by atoms with E-state index in [1.54, 1.807) is 41.2 Å². The van der Waals surface area contributed by atoms with Gasteiger partial charge in [0.05, 0.1) is 17.7 Å². The van der Waals surface area contributed by atoms with Gasteiger partial charge in [0, 0.05) is 29.8 Å². The number of rotatable bonds is 7. The highest BCUT2D eigenvalue weighted by Gasteiger charge is 2.29. The van der Waals surface area contributed by atoms with Gasteiger partial charge in [0.15, 0.2) is 12.4 Å². The van der Waals surface area contributed by atoms with Crippen molar-refractivity contribution in [3.63, 3.8) is 0 Å². The minimum absolute atomic E-state index is 0.156. The summed E-state index contributed by atoms with van der Waals surface area (Å²) < 4.78 is 6.87. The van der Waals surface area contributed by atoms with Crippen molar-refractivity contribution in [2.45, 2.75) is 12.6 Å². The van der Waals surface area contributed by atoms with E-state index in [4.69, 9.17) is 17.0 Å². The van der Waals surface area contributed by atoms with Gasteiger partial charge < -0.3 is 22.0 Å². The van der Waals surface area contributed by atoms with Crippen molar-refractivity contribution in [1.82, 2.24) is 0 Å². The second kappa shape index (κ2) is 8.33. The Labute approximate surface area is 160 Å². The molecule has 0 aliphatic carbocycles. The molecule has 3 rings (SSSR count). The van der Waals surface area contributed by atoms with E-state index in [1.165, 1.54) is 30.5 Å². The van der Waals surface area contributed by atoms with Crippen molar-refractivity contribution >= 4 is 29.1 Å². The molecule has 1 atom stereocenters. The fourth-order valence-corrected chi connectivity index (χ4v) is 2.83. The molecule has 8 heteroatoms. The first-order valence-electron chi connectivity index (χ1n) is 8.04. The number of aromatic nitrogens is 1. The Hall–Kier alpha value is -3.39. The Morgan fingerprint density at radius 1 is 1.19 bits per heavy atom. The monoisotopic (exact) mass is 381 g/mol. The molecule has 1 aromatic carbocycles. The summed E-state index contributed by atoms with van der Waals surface area (Å²) in [5, 5.41) is 11.2.